The molecular weight excluding hydrogens is 945 g/mol. The third-order valence-electron chi connectivity index (χ3n) is 9.96. The number of amides is 4. The van der Waals surface area contributed by atoms with Crippen molar-refractivity contribution in [2.75, 3.05) is 23.9 Å². The van der Waals surface area contributed by atoms with Crippen molar-refractivity contribution in [1.82, 2.24) is 49.8 Å². The second-order valence-electron chi connectivity index (χ2n) is 15.2. The minimum atomic E-state index is -1.55. The molecule has 68 heavy (non-hydrogen) atoms. The largest absolute Gasteiger partial charge is 0.490 e. The number of rotatable bonds is 10. The van der Waals surface area contributed by atoms with E-state index in [2.05, 4.69) is 56.7 Å². The number of fused-ring (bicyclic) bond motifs is 2. The van der Waals surface area contributed by atoms with E-state index in [4.69, 9.17) is 10.0 Å². The van der Waals surface area contributed by atoms with Gasteiger partial charge in [-0.3, -0.25) is 38.9 Å². The molecule has 4 N–H and O–H groups in total. The summed E-state index contributed by atoms with van der Waals surface area (Å²) < 4.78 is 30.5. The van der Waals surface area contributed by atoms with Crippen molar-refractivity contribution in [1.29, 1.82) is 0 Å². The van der Waals surface area contributed by atoms with Crippen molar-refractivity contribution in [3.63, 3.8) is 0 Å². The zero-order valence-electron chi connectivity index (χ0n) is 37.4. The normalized spacial score (nSPS) is 10.8. The van der Waals surface area contributed by atoms with Crippen LogP contribution in [0.15, 0.2) is 127 Å². The molecule has 8 rings (SSSR count). The molecule has 22 heteroatoms. The first-order chi connectivity index (χ1) is 32.5. The highest BCUT2D eigenvalue weighted by Crippen LogP contribution is 2.27. The van der Waals surface area contributed by atoms with Crippen molar-refractivity contribution in [2.24, 2.45) is 0 Å². The molecule has 0 atom stereocenters. The molecule has 8 heterocycles. The third kappa shape index (κ3) is 11.6. The Kier molecular flexibility index (Phi) is 16.1. The minimum absolute atomic E-state index is 0.120. The summed E-state index contributed by atoms with van der Waals surface area (Å²) >= 11 is 3.41. The number of halogens is 3. The van der Waals surface area contributed by atoms with Crippen LogP contribution in [0.1, 0.15) is 69.4 Å². The summed E-state index contributed by atoms with van der Waals surface area (Å²) in [4.78, 5) is 68.1. The lowest BCUT2D eigenvalue weighted by atomic mass is 9.82. The van der Waals surface area contributed by atoms with Crippen LogP contribution in [0.3, 0.4) is 0 Å². The number of anilines is 2. The smallest absolute Gasteiger partial charge is 0.423 e. The van der Waals surface area contributed by atoms with Crippen LogP contribution in [0.2, 0.25) is 0 Å². The highest BCUT2D eigenvalue weighted by atomic mass is 79.9. The Morgan fingerprint density at radius 1 is 0.618 bits per heavy atom. The first kappa shape index (κ1) is 49.6. The van der Waals surface area contributed by atoms with Gasteiger partial charge in [-0.05, 0) is 104 Å². The average Bonchev–Trinajstić information content (AvgIpc) is 3.95. The van der Waals surface area contributed by atoms with E-state index < -0.39 is 18.8 Å². The lowest BCUT2D eigenvalue weighted by molar-refractivity contribution is 0.0950. The molecule has 0 aromatic carbocycles. The van der Waals surface area contributed by atoms with E-state index in [0.717, 1.165) is 33.5 Å². The first-order valence-corrected chi connectivity index (χ1v) is 21.5. The maximum absolute atomic E-state index is 13.3. The first-order valence-electron chi connectivity index (χ1n) is 20.7. The maximum atomic E-state index is 13.3. The molecule has 0 spiro atoms. The van der Waals surface area contributed by atoms with E-state index in [1.165, 1.54) is 59.4 Å². The topological polar surface area (TPSA) is 225 Å². The fourth-order valence-corrected chi connectivity index (χ4v) is 6.95. The molecule has 0 aliphatic rings. The zero-order chi connectivity index (χ0) is 49.2. The van der Waals surface area contributed by atoms with Crippen LogP contribution in [0.4, 0.5) is 20.4 Å². The van der Waals surface area contributed by atoms with Gasteiger partial charge in [0.05, 0.1) is 40.3 Å². The Balaban J connectivity index is 0.000000184. The molecule has 0 fully saturated rings. The minimum Gasteiger partial charge on any atom is -0.423 e. The molecule has 0 saturated heterocycles. The molecule has 8 aromatic heterocycles. The molecule has 0 unspecified atom stereocenters. The average molecular weight is 990 g/mol. The number of carbonyl (C=O) groups excluding carboxylic acids is 4. The number of hydrogen-bond donors (Lipinski definition) is 4. The fraction of sp³-hybridized carbons (Fsp3) is 0.174. The van der Waals surface area contributed by atoms with Gasteiger partial charge in [-0.2, -0.15) is 10.2 Å². The number of aromatic nitrogens is 8. The predicted molar refractivity (Wildman–Crippen MR) is 254 cm³/mol. The lowest BCUT2D eigenvalue weighted by Crippen LogP contribution is -2.37. The SMILES string of the molecule is CC(C)N(C(=O)c1ccn2ncc(Br)c2c1)c1ccc(F)cn1.CNC(=O)c1ccc(-c2cnn3ccc(C(=O)N(c4ccc(F)cn4)C(C)C)cc23)cn1.CNC(=O)c1ccc(B(O)O)cn1. The van der Waals surface area contributed by atoms with Crippen LogP contribution in [0, 0.1) is 11.6 Å². The van der Waals surface area contributed by atoms with Crippen LogP contribution in [0.5, 0.6) is 0 Å². The summed E-state index contributed by atoms with van der Waals surface area (Å²) in [7, 11) is 1.49. The van der Waals surface area contributed by atoms with Gasteiger partial charge in [0.2, 0.25) is 0 Å². The molecule has 0 aliphatic carbocycles. The van der Waals surface area contributed by atoms with Gasteiger partial charge in [-0.25, -0.2) is 27.8 Å². The number of carbonyl (C=O) groups is 4. The molecule has 8 aromatic rings. The van der Waals surface area contributed by atoms with Gasteiger partial charge in [-0.15, -0.1) is 0 Å². The van der Waals surface area contributed by atoms with E-state index >= 15 is 0 Å². The zero-order valence-corrected chi connectivity index (χ0v) is 39.0. The number of pyridine rings is 6. The van der Waals surface area contributed by atoms with Crippen molar-refractivity contribution in [3.8, 4) is 11.1 Å². The number of hydrogen-bond acceptors (Lipinski definition) is 12. The van der Waals surface area contributed by atoms with E-state index in [-0.39, 0.29) is 46.9 Å². The predicted octanol–water partition coefficient (Wildman–Crippen LogP) is 5.15. The summed E-state index contributed by atoms with van der Waals surface area (Å²) in [6, 6.07) is 18.4. The number of nitrogens with one attached hydrogen (secondary N) is 2. The monoisotopic (exact) mass is 988 g/mol. The van der Waals surface area contributed by atoms with Gasteiger partial charge < -0.3 is 20.7 Å². The Bertz CT molecular complexity index is 3050. The van der Waals surface area contributed by atoms with Gasteiger partial charge in [0.15, 0.2) is 0 Å². The number of nitrogens with zero attached hydrogens (tertiary/aromatic N) is 10. The summed E-state index contributed by atoms with van der Waals surface area (Å²) in [6.07, 6.45) is 11.8. The molecule has 4 amide bonds. The Hall–Kier alpha value is -7.82. The molecule has 0 radical (unpaired) electrons. The van der Waals surface area contributed by atoms with E-state index in [1.54, 1.807) is 83.5 Å². The maximum Gasteiger partial charge on any atom is 0.490 e. The fourth-order valence-electron chi connectivity index (χ4n) is 6.56. The van der Waals surface area contributed by atoms with E-state index in [0.29, 0.717) is 34.0 Å². The summed E-state index contributed by atoms with van der Waals surface area (Å²) in [6.45, 7) is 7.50. The Morgan fingerprint density at radius 2 is 1.10 bits per heavy atom. The van der Waals surface area contributed by atoms with Gasteiger partial charge in [0, 0.05) is 78.7 Å². The lowest BCUT2D eigenvalue weighted by Gasteiger charge is -2.25. The van der Waals surface area contributed by atoms with E-state index in [1.807, 2.05) is 27.7 Å². The quantitative estimate of drug-likeness (QED) is 0.131. The molecule has 18 nitrogen and oxygen atoms in total. The Morgan fingerprint density at radius 3 is 1.53 bits per heavy atom. The van der Waals surface area contributed by atoms with Crippen LogP contribution in [-0.2, 0) is 0 Å². The summed E-state index contributed by atoms with van der Waals surface area (Å²) in [5.74, 6) is -1.16. The standard InChI is InChI=1S/C23H21FN6O2.C16H14BrFN4O.C7H9BN2O3/c1-14(2)30(21-7-5-17(24)12-27-21)23(32)15-8-9-29-20(10-15)18(13-28-29)16-4-6-19(26-11-16)22(31)25-3;1-10(2)22(15-4-3-12(18)8-19-15)16(23)11-5-6-21-14(7-11)13(17)9-20-21;1-9-7(11)6-3-2-5(4-10-6)8(12)13/h4-14H,1-3H3,(H,25,31);3-10H,1-2H3;2-4,12-13H,1H3,(H,9,11). The van der Waals surface area contributed by atoms with Crippen molar-refractivity contribution in [3.05, 3.63) is 161 Å². The van der Waals surface area contributed by atoms with E-state index in [9.17, 15) is 28.0 Å². The second kappa shape index (κ2) is 22.1. The van der Waals surface area contributed by atoms with Crippen molar-refractivity contribution < 1.29 is 38.0 Å². The van der Waals surface area contributed by atoms with Gasteiger partial charge >= 0.3 is 7.12 Å². The van der Waals surface area contributed by atoms with Crippen LogP contribution >= 0.6 is 15.9 Å². The molecule has 0 aliphatic heterocycles. The van der Waals surface area contributed by atoms with Crippen LogP contribution in [0.25, 0.3) is 22.2 Å². The molecule has 0 bridgehead atoms. The van der Waals surface area contributed by atoms with Gasteiger partial charge in [0.25, 0.3) is 23.6 Å². The van der Waals surface area contributed by atoms with Crippen molar-refractivity contribution >= 4 is 74.8 Å². The third-order valence-corrected chi connectivity index (χ3v) is 10.6. The van der Waals surface area contributed by atoms with Gasteiger partial charge in [0.1, 0.15) is 34.7 Å². The molecular formula is C46H44BBrF2N12O6. The van der Waals surface area contributed by atoms with Crippen LogP contribution < -0.4 is 25.9 Å². The van der Waals surface area contributed by atoms with Gasteiger partial charge in [-0.1, -0.05) is 12.1 Å². The molecule has 0 saturated carbocycles. The van der Waals surface area contributed by atoms with Crippen LogP contribution in [-0.4, -0.2) is 106 Å². The highest BCUT2D eigenvalue weighted by Gasteiger charge is 2.24. The molecule has 348 valence electrons. The Labute approximate surface area is 397 Å². The highest BCUT2D eigenvalue weighted by molar-refractivity contribution is 9.10. The summed E-state index contributed by atoms with van der Waals surface area (Å²) in [5.41, 5.74) is 4.80. The summed E-state index contributed by atoms with van der Waals surface area (Å²) in [5, 5.41) is 30.9. The van der Waals surface area contributed by atoms with Crippen molar-refractivity contribution in [2.45, 2.75) is 39.8 Å². The second-order valence-corrected chi connectivity index (χ2v) is 16.0.